The SMILES string of the molecule is O=C(O)[C@@H]1CCC[C@H]1C1CC1. The molecule has 2 atom stereocenters. The van der Waals surface area contributed by atoms with Gasteiger partial charge in [0.1, 0.15) is 0 Å². The minimum atomic E-state index is -0.556. The predicted molar refractivity (Wildman–Crippen MR) is 41.2 cm³/mol. The van der Waals surface area contributed by atoms with E-state index in [1.165, 1.54) is 19.3 Å². The van der Waals surface area contributed by atoms with E-state index in [2.05, 4.69) is 0 Å². The van der Waals surface area contributed by atoms with E-state index in [0.717, 1.165) is 18.8 Å². The Balaban J connectivity index is 2.01. The maximum absolute atomic E-state index is 10.7. The van der Waals surface area contributed by atoms with Crippen molar-refractivity contribution in [1.82, 2.24) is 0 Å². The molecule has 2 rings (SSSR count). The van der Waals surface area contributed by atoms with Crippen molar-refractivity contribution in [3.63, 3.8) is 0 Å². The molecule has 0 aromatic rings. The second-order valence-electron chi connectivity index (χ2n) is 3.88. The van der Waals surface area contributed by atoms with Gasteiger partial charge in [-0.15, -0.1) is 0 Å². The molecule has 0 aliphatic heterocycles. The van der Waals surface area contributed by atoms with E-state index in [9.17, 15) is 4.79 Å². The second kappa shape index (κ2) is 2.50. The van der Waals surface area contributed by atoms with Crippen molar-refractivity contribution in [2.75, 3.05) is 0 Å². The molecule has 2 aliphatic carbocycles. The van der Waals surface area contributed by atoms with E-state index in [-0.39, 0.29) is 5.92 Å². The predicted octanol–water partition coefficient (Wildman–Crippen LogP) is 1.90. The molecular formula is C9H14O2. The zero-order valence-corrected chi connectivity index (χ0v) is 6.62. The fraction of sp³-hybridized carbons (Fsp3) is 0.889. The smallest absolute Gasteiger partial charge is 0.306 e. The first-order chi connectivity index (χ1) is 5.29. The van der Waals surface area contributed by atoms with Gasteiger partial charge in [-0.3, -0.25) is 4.79 Å². The molecule has 0 spiro atoms. The first-order valence-electron chi connectivity index (χ1n) is 4.52. The quantitative estimate of drug-likeness (QED) is 0.659. The highest BCUT2D eigenvalue weighted by Crippen LogP contribution is 2.47. The zero-order valence-electron chi connectivity index (χ0n) is 6.62. The van der Waals surface area contributed by atoms with Crippen LogP contribution in [0.5, 0.6) is 0 Å². The molecule has 0 amide bonds. The van der Waals surface area contributed by atoms with Crippen molar-refractivity contribution < 1.29 is 9.90 Å². The normalized spacial score (nSPS) is 37.5. The van der Waals surface area contributed by atoms with Gasteiger partial charge in [0, 0.05) is 0 Å². The Hall–Kier alpha value is -0.530. The maximum atomic E-state index is 10.7. The summed E-state index contributed by atoms with van der Waals surface area (Å²) in [5, 5.41) is 8.86. The van der Waals surface area contributed by atoms with Crippen molar-refractivity contribution in [1.29, 1.82) is 0 Å². The summed E-state index contributed by atoms with van der Waals surface area (Å²) in [6.45, 7) is 0. The Morgan fingerprint density at radius 3 is 2.45 bits per heavy atom. The second-order valence-corrected chi connectivity index (χ2v) is 3.88. The Morgan fingerprint density at radius 2 is 1.91 bits per heavy atom. The summed E-state index contributed by atoms with van der Waals surface area (Å²) in [5.74, 6) is 0.757. The summed E-state index contributed by atoms with van der Waals surface area (Å²) in [6, 6.07) is 0. The minimum Gasteiger partial charge on any atom is -0.481 e. The van der Waals surface area contributed by atoms with E-state index >= 15 is 0 Å². The molecule has 2 heteroatoms. The molecule has 0 heterocycles. The van der Waals surface area contributed by atoms with E-state index < -0.39 is 5.97 Å². The molecule has 0 bridgehead atoms. The molecule has 0 aromatic heterocycles. The van der Waals surface area contributed by atoms with Gasteiger partial charge < -0.3 is 5.11 Å². The molecule has 2 saturated carbocycles. The molecule has 11 heavy (non-hydrogen) atoms. The average Bonchev–Trinajstić information content (AvgIpc) is 2.68. The van der Waals surface area contributed by atoms with Gasteiger partial charge in [0.15, 0.2) is 0 Å². The van der Waals surface area contributed by atoms with Crippen LogP contribution in [-0.4, -0.2) is 11.1 Å². The summed E-state index contributed by atoms with van der Waals surface area (Å²) in [6.07, 6.45) is 5.80. The first kappa shape index (κ1) is 7.14. The van der Waals surface area contributed by atoms with Gasteiger partial charge in [0.25, 0.3) is 0 Å². The summed E-state index contributed by atoms with van der Waals surface area (Å²) in [7, 11) is 0. The van der Waals surface area contributed by atoms with Gasteiger partial charge in [-0.05, 0) is 37.5 Å². The minimum absolute atomic E-state index is 0.00231. The van der Waals surface area contributed by atoms with Crippen LogP contribution >= 0.6 is 0 Å². The van der Waals surface area contributed by atoms with Crippen molar-refractivity contribution in [2.24, 2.45) is 17.8 Å². The fourth-order valence-corrected chi connectivity index (χ4v) is 2.38. The van der Waals surface area contributed by atoms with Crippen molar-refractivity contribution in [3.8, 4) is 0 Å². The number of carboxylic acids is 1. The van der Waals surface area contributed by atoms with E-state index in [4.69, 9.17) is 5.11 Å². The van der Waals surface area contributed by atoms with Crippen LogP contribution in [-0.2, 0) is 4.79 Å². The van der Waals surface area contributed by atoms with Crippen LogP contribution in [0.3, 0.4) is 0 Å². The molecule has 0 unspecified atom stereocenters. The van der Waals surface area contributed by atoms with Crippen LogP contribution in [0.1, 0.15) is 32.1 Å². The molecule has 0 saturated heterocycles. The van der Waals surface area contributed by atoms with Gasteiger partial charge in [0.2, 0.25) is 0 Å². The molecule has 2 fully saturated rings. The molecular weight excluding hydrogens is 140 g/mol. The third-order valence-electron chi connectivity index (χ3n) is 3.11. The Labute approximate surface area is 66.6 Å². The van der Waals surface area contributed by atoms with Crippen LogP contribution in [0, 0.1) is 17.8 Å². The highest BCUT2D eigenvalue weighted by Gasteiger charge is 2.42. The number of carboxylic acid groups (broad SMARTS) is 1. The zero-order chi connectivity index (χ0) is 7.84. The lowest BCUT2D eigenvalue weighted by molar-refractivity contribution is -0.143. The van der Waals surface area contributed by atoms with Crippen molar-refractivity contribution in [3.05, 3.63) is 0 Å². The summed E-state index contributed by atoms with van der Waals surface area (Å²) in [5.41, 5.74) is 0. The lowest BCUT2D eigenvalue weighted by atomic mass is 9.92. The topological polar surface area (TPSA) is 37.3 Å². The molecule has 2 nitrogen and oxygen atoms in total. The van der Waals surface area contributed by atoms with E-state index in [1.54, 1.807) is 0 Å². The highest BCUT2D eigenvalue weighted by atomic mass is 16.4. The Morgan fingerprint density at radius 1 is 1.18 bits per heavy atom. The number of aliphatic carboxylic acids is 1. The lowest BCUT2D eigenvalue weighted by Crippen LogP contribution is -2.19. The monoisotopic (exact) mass is 154 g/mol. The van der Waals surface area contributed by atoms with Crippen molar-refractivity contribution >= 4 is 5.97 Å². The summed E-state index contributed by atoms with van der Waals surface area (Å²) in [4.78, 5) is 10.7. The highest BCUT2D eigenvalue weighted by molar-refractivity contribution is 5.70. The molecule has 2 aliphatic rings. The van der Waals surface area contributed by atoms with Gasteiger partial charge >= 0.3 is 5.97 Å². The molecule has 62 valence electrons. The largest absolute Gasteiger partial charge is 0.481 e. The lowest BCUT2D eigenvalue weighted by Gasteiger charge is -2.13. The van der Waals surface area contributed by atoms with E-state index in [1.807, 2.05) is 0 Å². The first-order valence-corrected chi connectivity index (χ1v) is 4.52. The summed E-state index contributed by atoms with van der Waals surface area (Å²) < 4.78 is 0. The van der Waals surface area contributed by atoms with Gasteiger partial charge in [0.05, 0.1) is 5.92 Å². The third-order valence-corrected chi connectivity index (χ3v) is 3.11. The van der Waals surface area contributed by atoms with Crippen LogP contribution in [0.15, 0.2) is 0 Å². The average molecular weight is 154 g/mol. The Kier molecular flexibility index (Phi) is 1.63. The Bertz CT molecular complexity index is 172. The number of carbonyl (C=O) groups is 1. The number of hydrogen-bond acceptors (Lipinski definition) is 1. The molecule has 0 aromatic carbocycles. The maximum Gasteiger partial charge on any atom is 0.306 e. The van der Waals surface area contributed by atoms with Crippen LogP contribution < -0.4 is 0 Å². The van der Waals surface area contributed by atoms with Gasteiger partial charge in [-0.1, -0.05) is 6.42 Å². The standard InChI is InChI=1S/C9H14O2/c10-9(11)8-3-1-2-7(8)6-4-5-6/h6-8H,1-5H2,(H,10,11)/t7-,8+/m0/s1. The molecule has 1 N–H and O–H groups in total. The van der Waals surface area contributed by atoms with E-state index in [0.29, 0.717) is 5.92 Å². The van der Waals surface area contributed by atoms with Gasteiger partial charge in [-0.25, -0.2) is 0 Å². The van der Waals surface area contributed by atoms with Gasteiger partial charge in [-0.2, -0.15) is 0 Å². The summed E-state index contributed by atoms with van der Waals surface area (Å²) >= 11 is 0. The number of rotatable bonds is 2. The third kappa shape index (κ3) is 1.26. The van der Waals surface area contributed by atoms with Crippen LogP contribution in [0.2, 0.25) is 0 Å². The fourth-order valence-electron chi connectivity index (χ4n) is 2.38. The van der Waals surface area contributed by atoms with Crippen molar-refractivity contribution in [2.45, 2.75) is 32.1 Å². The van der Waals surface area contributed by atoms with Crippen LogP contribution in [0.25, 0.3) is 0 Å². The molecule has 0 radical (unpaired) electrons. The van der Waals surface area contributed by atoms with Crippen LogP contribution in [0.4, 0.5) is 0 Å². The number of hydrogen-bond donors (Lipinski definition) is 1.